The van der Waals surface area contributed by atoms with Gasteiger partial charge in [0.15, 0.2) is 0 Å². The van der Waals surface area contributed by atoms with Crippen molar-refractivity contribution in [2.45, 2.75) is 57.9 Å². The summed E-state index contributed by atoms with van der Waals surface area (Å²) in [5.41, 5.74) is 9.49. The van der Waals surface area contributed by atoms with E-state index in [1.807, 2.05) is 0 Å². The van der Waals surface area contributed by atoms with Gasteiger partial charge >= 0.3 is 6.18 Å². The Kier molecular flexibility index (Phi) is 5.61. The second-order valence-electron chi connectivity index (χ2n) is 5.22. The number of amides is 1. The highest BCUT2D eigenvalue weighted by Crippen LogP contribution is 2.23. The lowest BCUT2D eigenvalue weighted by atomic mass is 9.93. The van der Waals surface area contributed by atoms with Crippen molar-refractivity contribution in [3.05, 3.63) is 0 Å². The zero-order chi connectivity index (χ0) is 14.7. The largest absolute Gasteiger partial charge is 0.401 e. The van der Waals surface area contributed by atoms with Crippen molar-refractivity contribution in [2.24, 2.45) is 11.5 Å². The van der Waals surface area contributed by atoms with E-state index in [2.05, 4.69) is 0 Å². The number of alkyl halides is 3. The van der Waals surface area contributed by atoms with Crippen molar-refractivity contribution in [3.8, 4) is 0 Å². The monoisotopic (exact) mass is 269 g/mol. The molecule has 0 radical (unpaired) electrons. The molecule has 2 atom stereocenters. The Morgan fingerprint density at radius 1 is 1.28 bits per heavy atom. The molecule has 0 rings (SSSR count). The maximum absolute atomic E-state index is 12.5. The first-order valence-electron chi connectivity index (χ1n) is 5.78. The number of halogens is 3. The average molecular weight is 269 g/mol. The van der Waals surface area contributed by atoms with Gasteiger partial charge in [0.25, 0.3) is 0 Å². The third-order valence-corrected chi connectivity index (χ3v) is 2.87. The summed E-state index contributed by atoms with van der Waals surface area (Å²) in [4.78, 5) is 12.3. The Hall–Kier alpha value is -0.820. The standard InChI is InChI=1S/C11H22F3N3O/c1-7(2)17(6-11(12,13)14)8(3)5-10(4,16)9(15)18/h7-8H,5-6,16H2,1-4H3,(H2,15,18). The van der Waals surface area contributed by atoms with Gasteiger partial charge in [0.1, 0.15) is 0 Å². The molecule has 0 saturated carbocycles. The number of nitrogens with zero attached hydrogens (tertiary/aromatic N) is 1. The third-order valence-electron chi connectivity index (χ3n) is 2.87. The van der Waals surface area contributed by atoms with Crippen LogP contribution < -0.4 is 11.5 Å². The Morgan fingerprint density at radius 2 is 1.72 bits per heavy atom. The summed E-state index contributed by atoms with van der Waals surface area (Å²) in [5, 5.41) is 0. The van der Waals surface area contributed by atoms with E-state index >= 15 is 0 Å². The van der Waals surface area contributed by atoms with E-state index in [0.717, 1.165) is 0 Å². The van der Waals surface area contributed by atoms with Crippen LogP contribution in [0.4, 0.5) is 13.2 Å². The van der Waals surface area contributed by atoms with Crippen LogP contribution in [0, 0.1) is 0 Å². The molecule has 4 nitrogen and oxygen atoms in total. The van der Waals surface area contributed by atoms with Crippen molar-refractivity contribution in [1.82, 2.24) is 4.90 Å². The maximum Gasteiger partial charge on any atom is 0.401 e. The predicted octanol–water partition coefficient (Wildman–Crippen LogP) is 1.24. The van der Waals surface area contributed by atoms with Gasteiger partial charge < -0.3 is 11.5 Å². The molecule has 0 saturated heterocycles. The number of primary amides is 1. The summed E-state index contributed by atoms with van der Waals surface area (Å²) in [6.45, 7) is 5.35. The van der Waals surface area contributed by atoms with Gasteiger partial charge in [-0.3, -0.25) is 9.69 Å². The minimum atomic E-state index is -4.28. The summed E-state index contributed by atoms with van der Waals surface area (Å²) >= 11 is 0. The summed E-state index contributed by atoms with van der Waals surface area (Å²) in [6.07, 6.45) is -4.20. The topological polar surface area (TPSA) is 72.3 Å². The molecule has 18 heavy (non-hydrogen) atoms. The highest BCUT2D eigenvalue weighted by atomic mass is 19.4. The molecule has 0 aliphatic carbocycles. The molecule has 7 heteroatoms. The Bertz CT molecular complexity index is 290. The fourth-order valence-corrected chi connectivity index (χ4v) is 1.89. The first-order valence-corrected chi connectivity index (χ1v) is 5.78. The number of hydrogen-bond acceptors (Lipinski definition) is 3. The lowest BCUT2D eigenvalue weighted by Crippen LogP contribution is -2.55. The van der Waals surface area contributed by atoms with Gasteiger partial charge in [-0.1, -0.05) is 0 Å². The van der Waals surface area contributed by atoms with Crippen LogP contribution in [0.2, 0.25) is 0 Å². The Morgan fingerprint density at radius 3 is 2.00 bits per heavy atom. The van der Waals surface area contributed by atoms with Crippen LogP contribution in [0.3, 0.4) is 0 Å². The van der Waals surface area contributed by atoms with Gasteiger partial charge in [-0.15, -0.1) is 0 Å². The molecule has 0 fully saturated rings. The number of rotatable bonds is 6. The Labute approximate surface area is 105 Å². The summed E-state index contributed by atoms with van der Waals surface area (Å²) < 4.78 is 37.4. The van der Waals surface area contributed by atoms with E-state index in [9.17, 15) is 18.0 Å². The summed E-state index contributed by atoms with van der Waals surface area (Å²) in [7, 11) is 0. The second kappa shape index (κ2) is 5.88. The van der Waals surface area contributed by atoms with Gasteiger partial charge in [0.05, 0.1) is 12.1 Å². The zero-order valence-corrected chi connectivity index (χ0v) is 11.2. The predicted molar refractivity (Wildman–Crippen MR) is 63.8 cm³/mol. The summed E-state index contributed by atoms with van der Waals surface area (Å²) in [5.74, 6) is -0.718. The minimum Gasteiger partial charge on any atom is -0.368 e. The van der Waals surface area contributed by atoms with Crippen LogP contribution >= 0.6 is 0 Å². The maximum atomic E-state index is 12.5. The van der Waals surface area contributed by atoms with Crippen molar-refractivity contribution < 1.29 is 18.0 Å². The quantitative estimate of drug-likeness (QED) is 0.762. The average Bonchev–Trinajstić information content (AvgIpc) is 2.11. The van der Waals surface area contributed by atoms with E-state index in [1.165, 1.54) is 11.8 Å². The van der Waals surface area contributed by atoms with Gasteiger partial charge in [0, 0.05) is 12.1 Å². The van der Waals surface area contributed by atoms with Crippen LogP contribution in [0.1, 0.15) is 34.1 Å². The minimum absolute atomic E-state index is 0.0800. The highest BCUT2D eigenvalue weighted by Gasteiger charge is 2.37. The van der Waals surface area contributed by atoms with E-state index in [-0.39, 0.29) is 12.5 Å². The van der Waals surface area contributed by atoms with Crippen LogP contribution in [0.15, 0.2) is 0 Å². The molecule has 4 N–H and O–H groups in total. The van der Waals surface area contributed by atoms with Crippen molar-refractivity contribution in [2.75, 3.05) is 6.54 Å². The van der Waals surface area contributed by atoms with E-state index in [0.29, 0.717) is 0 Å². The number of carbonyl (C=O) groups excluding carboxylic acids is 1. The number of hydrogen-bond donors (Lipinski definition) is 2. The first kappa shape index (κ1) is 17.2. The fraction of sp³-hybridized carbons (Fsp3) is 0.909. The SMILES string of the molecule is CC(C)N(CC(F)(F)F)C(C)CC(C)(N)C(N)=O. The Balaban J connectivity index is 4.79. The number of carbonyl (C=O) groups is 1. The fourth-order valence-electron chi connectivity index (χ4n) is 1.89. The molecule has 0 spiro atoms. The smallest absolute Gasteiger partial charge is 0.368 e. The molecule has 0 heterocycles. The van der Waals surface area contributed by atoms with Crippen LogP contribution in [0.5, 0.6) is 0 Å². The lowest BCUT2D eigenvalue weighted by molar-refractivity contribution is -0.155. The van der Waals surface area contributed by atoms with Gasteiger partial charge in [0.2, 0.25) is 5.91 Å². The third kappa shape index (κ3) is 5.68. The van der Waals surface area contributed by atoms with Crippen LogP contribution in [0.25, 0.3) is 0 Å². The molecule has 0 aliphatic rings. The van der Waals surface area contributed by atoms with E-state index < -0.39 is 30.2 Å². The van der Waals surface area contributed by atoms with Gasteiger partial charge in [-0.2, -0.15) is 13.2 Å². The molecule has 108 valence electrons. The van der Waals surface area contributed by atoms with Crippen molar-refractivity contribution >= 4 is 5.91 Å². The molecule has 0 bridgehead atoms. The molecule has 0 aromatic heterocycles. The normalized spacial score (nSPS) is 17.9. The van der Waals surface area contributed by atoms with Crippen LogP contribution in [-0.4, -0.2) is 41.2 Å². The molecular weight excluding hydrogens is 247 g/mol. The molecule has 0 aromatic rings. The van der Waals surface area contributed by atoms with E-state index in [4.69, 9.17) is 11.5 Å². The molecule has 0 aromatic carbocycles. The number of nitrogens with two attached hydrogens (primary N) is 2. The van der Waals surface area contributed by atoms with Gasteiger partial charge in [-0.05, 0) is 34.1 Å². The molecule has 2 unspecified atom stereocenters. The first-order chi connectivity index (χ1) is 7.87. The molecule has 0 aliphatic heterocycles. The summed E-state index contributed by atoms with van der Waals surface area (Å²) in [6, 6.07) is -0.792. The van der Waals surface area contributed by atoms with Crippen molar-refractivity contribution in [3.63, 3.8) is 0 Å². The second-order valence-corrected chi connectivity index (χ2v) is 5.22. The zero-order valence-electron chi connectivity index (χ0n) is 11.2. The lowest BCUT2D eigenvalue weighted by Gasteiger charge is -2.36. The van der Waals surface area contributed by atoms with Gasteiger partial charge in [-0.25, -0.2) is 0 Å². The highest BCUT2D eigenvalue weighted by molar-refractivity contribution is 5.83. The van der Waals surface area contributed by atoms with Crippen LogP contribution in [-0.2, 0) is 4.79 Å². The van der Waals surface area contributed by atoms with Crippen molar-refractivity contribution in [1.29, 1.82) is 0 Å². The molecular formula is C11H22F3N3O. The molecule has 1 amide bonds. The van der Waals surface area contributed by atoms with E-state index in [1.54, 1.807) is 20.8 Å².